The predicted octanol–water partition coefficient (Wildman–Crippen LogP) is 4.77. The van der Waals surface area contributed by atoms with Crippen molar-refractivity contribution in [2.75, 3.05) is 0 Å². The van der Waals surface area contributed by atoms with E-state index < -0.39 is 0 Å². The lowest BCUT2D eigenvalue weighted by molar-refractivity contribution is 0.203. The van der Waals surface area contributed by atoms with Gasteiger partial charge in [0, 0.05) is 24.1 Å². The Morgan fingerprint density at radius 3 is 2.85 bits per heavy atom. The van der Waals surface area contributed by atoms with Crippen LogP contribution in [0.5, 0.6) is 0 Å². The van der Waals surface area contributed by atoms with E-state index in [2.05, 4.69) is 39.1 Å². The molecule has 0 spiro atoms. The molecule has 2 aliphatic rings. The van der Waals surface area contributed by atoms with Crippen molar-refractivity contribution in [2.24, 2.45) is 11.3 Å². The highest BCUT2D eigenvalue weighted by atomic mass is 16.3. The van der Waals surface area contributed by atoms with Gasteiger partial charge in [0.2, 0.25) is 0 Å². The molecule has 1 N–H and O–H groups in total. The lowest BCUT2D eigenvalue weighted by atomic mass is 9.74. The maximum Gasteiger partial charge on any atom is 0.109 e. The summed E-state index contributed by atoms with van der Waals surface area (Å²) in [6.07, 6.45) is 7.77. The van der Waals surface area contributed by atoms with Crippen molar-refractivity contribution in [2.45, 2.75) is 78.3 Å². The van der Waals surface area contributed by atoms with Gasteiger partial charge in [0.1, 0.15) is 11.5 Å². The number of aryl methyl sites for hydroxylation is 1. The second-order valence-corrected chi connectivity index (χ2v) is 7.97. The maximum absolute atomic E-state index is 5.94. The number of nitrogens with one attached hydrogen (secondary N) is 1. The standard InChI is InChI=1S/C18H29NO/c1-12-6-5-7-14(8-12)19-16-10-18(3,4)11-17-15(16)9-13(2)20-17/h9,12,14,16,19H,5-8,10-11H2,1-4H3. The number of fused-ring (bicyclic) bond motifs is 1. The summed E-state index contributed by atoms with van der Waals surface area (Å²) in [6, 6.07) is 3.44. The van der Waals surface area contributed by atoms with Gasteiger partial charge in [-0.05, 0) is 43.6 Å². The third-order valence-corrected chi connectivity index (χ3v) is 5.11. The molecule has 0 aromatic carbocycles. The summed E-state index contributed by atoms with van der Waals surface area (Å²) in [5, 5.41) is 3.95. The summed E-state index contributed by atoms with van der Waals surface area (Å²) in [6.45, 7) is 9.20. The molecule has 1 saturated carbocycles. The Balaban J connectivity index is 1.78. The van der Waals surface area contributed by atoms with Gasteiger partial charge in [0.15, 0.2) is 0 Å². The largest absolute Gasteiger partial charge is 0.466 e. The Kier molecular flexibility index (Phi) is 3.70. The van der Waals surface area contributed by atoms with Crippen LogP contribution in [0.15, 0.2) is 10.5 Å². The maximum atomic E-state index is 5.94. The molecule has 0 radical (unpaired) electrons. The molecule has 1 fully saturated rings. The van der Waals surface area contributed by atoms with Gasteiger partial charge in [-0.3, -0.25) is 0 Å². The summed E-state index contributed by atoms with van der Waals surface area (Å²) in [4.78, 5) is 0. The lowest BCUT2D eigenvalue weighted by Gasteiger charge is -2.38. The fourth-order valence-corrected chi connectivity index (χ4v) is 4.20. The smallest absolute Gasteiger partial charge is 0.109 e. The molecular weight excluding hydrogens is 246 g/mol. The molecular formula is C18H29NO. The van der Waals surface area contributed by atoms with Crippen molar-refractivity contribution in [1.82, 2.24) is 5.32 Å². The van der Waals surface area contributed by atoms with Crippen LogP contribution in [-0.4, -0.2) is 6.04 Å². The fourth-order valence-electron chi connectivity index (χ4n) is 4.20. The van der Waals surface area contributed by atoms with Crippen LogP contribution in [-0.2, 0) is 6.42 Å². The van der Waals surface area contributed by atoms with Crippen molar-refractivity contribution in [3.05, 3.63) is 23.2 Å². The van der Waals surface area contributed by atoms with Gasteiger partial charge in [-0.25, -0.2) is 0 Å². The van der Waals surface area contributed by atoms with Gasteiger partial charge < -0.3 is 9.73 Å². The highest BCUT2D eigenvalue weighted by Gasteiger charge is 2.36. The zero-order valence-corrected chi connectivity index (χ0v) is 13.5. The first-order valence-electron chi connectivity index (χ1n) is 8.28. The van der Waals surface area contributed by atoms with Gasteiger partial charge in [-0.15, -0.1) is 0 Å². The van der Waals surface area contributed by atoms with Crippen LogP contribution >= 0.6 is 0 Å². The van der Waals surface area contributed by atoms with E-state index in [0.29, 0.717) is 17.5 Å². The Hall–Kier alpha value is -0.760. The summed E-state index contributed by atoms with van der Waals surface area (Å²) in [5.74, 6) is 3.17. The molecule has 2 aliphatic carbocycles. The first-order chi connectivity index (χ1) is 9.43. The Morgan fingerprint density at radius 2 is 2.10 bits per heavy atom. The van der Waals surface area contributed by atoms with Gasteiger partial charge in [0.05, 0.1) is 0 Å². The molecule has 3 unspecified atom stereocenters. The van der Waals surface area contributed by atoms with E-state index in [0.717, 1.165) is 18.1 Å². The van der Waals surface area contributed by atoms with Crippen molar-refractivity contribution in [3.63, 3.8) is 0 Å². The Labute approximate surface area is 123 Å². The molecule has 112 valence electrons. The van der Waals surface area contributed by atoms with E-state index in [1.807, 2.05) is 0 Å². The quantitative estimate of drug-likeness (QED) is 0.841. The van der Waals surface area contributed by atoms with E-state index in [4.69, 9.17) is 4.42 Å². The van der Waals surface area contributed by atoms with E-state index in [9.17, 15) is 0 Å². The van der Waals surface area contributed by atoms with Gasteiger partial charge >= 0.3 is 0 Å². The molecule has 0 aliphatic heterocycles. The molecule has 1 heterocycles. The van der Waals surface area contributed by atoms with Gasteiger partial charge in [-0.2, -0.15) is 0 Å². The van der Waals surface area contributed by atoms with Crippen LogP contribution < -0.4 is 5.32 Å². The van der Waals surface area contributed by atoms with Crippen molar-refractivity contribution in [1.29, 1.82) is 0 Å². The molecule has 1 aromatic rings. The highest BCUT2D eigenvalue weighted by molar-refractivity contribution is 5.29. The predicted molar refractivity (Wildman–Crippen MR) is 82.8 cm³/mol. The monoisotopic (exact) mass is 275 g/mol. The number of hydrogen-bond donors (Lipinski definition) is 1. The molecule has 0 saturated heterocycles. The van der Waals surface area contributed by atoms with Crippen LogP contribution in [0.2, 0.25) is 0 Å². The summed E-state index contributed by atoms with van der Waals surface area (Å²) < 4.78 is 5.94. The summed E-state index contributed by atoms with van der Waals surface area (Å²) >= 11 is 0. The van der Waals surface area contributed by atoms with E-state index in [-0.39, 0.29) is 0 Å². The zero-order valence-electron chi connectivity index (χ0n) is 13.5. The number of rotatable bonds is 2. The lowest BCUT2D eigenvalue weighted by Crippen LogP contribution is -2.40. The fraction of sp³-hybridized carbons (Fsp3) is 0.778. The second kappa shape index (κ2) is 5.22. The number of hydrogen-bond acceptors (Lipinski definition) is 2. The van der Waals surface area contributed by atoms with Gasteiger partial charge in [-0.1, -0.05) is 33.6 Å². The number of furan rings is 1. The highest BCUT2D eigenvalue weighted by Crippen LogP contribution is 2.42. The third kappa shape index (κ3) is 2.95. The van der Waals surface area contributed by atoms with Crippen molar-refractivity contribution >= 4 is 0 Å². The SMILES string of the molecule is Cc1cc2c(o1)CC(C)(C)CC2NC1CCCC(C)C1. The Bertz CT molecular complexity index is 474. The normalized spacial score (nSPS) is 32.9. The third-order valence-electron chi connectivity index (χ3n) is 5.11. The van der Waals surface area contributed by atoms with Crippen molar-refractivity contribution < 1.29 is 4.42 Å². The minimum Gasteiger partial charge on any atom is -0.466 e. The topological polar surface area (TPSA) is 25.2 Å². The molecule has 0 bridgehead atoms. The van der Waals surface area contributed by atoms with Crippen LogP contribution in [0.1, 0.15) is 76.0 Å². The van der Waals surface area contributed by atoms with Crippen molar-refractivity contribution in [3.8, 4) is 0 Å². The van der Waals surface area contributed by atoms with E-state index in [1.54, 1.807) is 0 Å². The zero-order chi connectivity index (χ0) is 14.3. The molecule has 3 atom stereocenters. The van der Waals surface area contributed by atoms with Crippen LogP contribution in [0.3, 0.4) is 0 Å². The average Bonchev–Trinajstić information content (AvgIpc) is 2.68. The first kappa shape index (κ1) is 14.2. The minimum atomic E-state index is 0.343. The van der Waals surface area contributed by atoms with Crippen LogP contribution in [0.25, 0.3) is 0 Å². The Morgan fingerprint density at radius 1 is 1.30 bits per heavy atom. The molecule has 2 nitrogen and oxygen atoms in total. The van der Waals surface area contributed by atoms with E-state index in [1.165, 1.54) is 43.4 Å². The molecule has 3 rings (SSSR count). The van der Waals surface area contributed by atoms with E-state index >= 15 is 0 Å². The summed E-state index contributed by atoms with van der Waals surface area (Å²) in [7, 11) is 0. The second-order valence-electron chi connectivity index (χ2n) is 7.97. The molecule has 20 heavy (non-hydrogen) atoms. The molecule has 0 amide bonds. The van der Waals surface area contributed by atoms with Crippen LogP contribution in [0, 0.1) is 18.3 Å². The van der Waals surface area contributed by atoms with Crippen LogP contribution in [0.4, 0.5) is 0 Å². The minimum absolute atomic E-state index is 0.343. The summed E-state index contributed by atoms with van der Waals surface area (Å²) in [5.41, 5.74) is 1.77. The van der Waals surface area contributed by atoms with Gasteiger partial charge in [0.25, 0.3) is 0 Å². The first-order valence-corrected chi connectivity index (χ1v) is 8.28. The molecule has 2 heteroatoms. The average molecular weight is 275 g/mol. The molecule has 1 aromatic heterocycles.